The van der Waals surface area contributed by atoms with Crippen molar-refractivity contribution in [2.75, 3.05) is 18.8 Å². The first-order valence-corrected chi connectivity index (χ1v) is 7.07. The molecule has 0 aromatic heterocycles. The second-order valence-electron chi connectivity index (χ2n) is 5.00. The number of sulfone groups is 1. The van der Waals surface area contributed by atoms with Crippen molar-refractivity contribution in [3.8, 4) is 0 Å². The van der Waals surface area contributed by atoms with E-state index in [4.69, 9.17) is 0 Å². The highest BCUT2D eigenvalue weighted by Gasteiger charge is 2.55. The number of nitrogens with zero attached hydrogens (tertiary/aromatic N) is 1. The summed E-state index contributed by atoms with van der Waals surface area (Å²) in [6.45, 7) is 5.91. The van der Waals surface area contributed by atoms with Crippen molar-refractivity contribution in [1.82, 2.24) is 4.90 Å². The molecule has 0 spiro atoms. The fourth-order valence-electron chi connectivity index (χ4n) is 2.51. The van der Waals surface area contributed by atoms with E-state index in [1.807, 2.05) is 13.8 Å². The van der Waals surface area contributed by atoms with Gasteiger partial charge in [-0.25, -0.2) is 8.42 Å². The van der Waals surface area contributed by atoms with Crippen molar-refractivity contribution in [3.05, 3.63) is 0 Å². The molecule has 2 rings (SSSR count). The first kappa shape index (κ1) is 10.4. The third-order valence-corrected chi connectivity index (χ3v) is 6.44. The summed E-state index contributed by atoms with van der Waals surface area (Å²) in [6, 6.07) is 0.271. The van der Waals surface area contributed by atoms with E-state index in [1.165, 1.54) is 19.3 Å². The third kappa shape index (κ3) is 1.39. The number of hydrogen-bond acceptors (Lipinski definition) is 3. The van der Waals surface area contributed by atoms with E-state index < -0.39 is 14.6 Å². The first-order valence-electron chi connectivity index (χ1n) is 5.41. The van der Waals surface area contributed by atoms with Crippen LogP contribution < -0.4 is 0 Å². The van der Waals surface area contributed by atoms with E-state index in [-0.39, 0.29) is 6.04 Å². The van der Waals surface area contributed by atoms with E-state index in [2.05, 4.69) is 4.90 Å². The van der Waals surface area contributed by atoms with Crippen LogP contribution in [0.25, 0.3) is 0 Å². The predicted molar refractivity (Wildman–Crippen MR) is 57.1 cm³/mol. The van der Waals surface area contributed by atoms with Crippen LogP contribution in [-0.2, 0) is 9.84 Å². The standard InChI is InChI=1S/C10H19NO2S/c1-10(2)9(8-14(10,12)13)11-6-4-3-5-7-11/h9H,3-8H2,1-2H3. The average Bonchev–Trinajstić information content (AvgIpc) is 2.16. The molecule has 4 heteroatoms. The molecule has 0 radical (unpaired) electrons. The van der Waals surface area contributed by atoms with Gasteiger partial charge in [-0.15, -0.1) is 0 Å². The molecule has 82 valence electrons. The van der Waals surface area contributed by atoms with Crippen LogP contribution in [0.1, 0.15) is 33.1 Å². The molecule has 0 aliphatic carbocycles. The molecule has 0 saturated carbocycles. The van der Waals surface area contributed by atoms with Gasteiger partial charge in [-0.3, -0.25) is 4.90 Å². The van der Waals surface area contributed by atoms with Crippen LogP contribution in [0, 0.1) is 0 Å². The van der Waals surface area contributed by atoms with Gasteiger partial charge < -0.3 is 0 Å². The first-order chi connectivity index (χ1) is 6.45. The monoisotopic (exact) mass is 217 g/mol. The molecule has 0 aromatic carbocycles. The lowest BCUT2D eigenvalue weighted by Crippen LogP contribution is -2.67. The zero-order chi connectivity index (χ0) is 10.4. The van der Waals surface area contributed by atoms with Gasteiger partial charge >= 0.3 is 0 Å². The highest BCUT2D eigenvalue weighted by molar-refractivity contribution is 7.94. The van der Waals surface area contributed by atoms with E-state index in [9.17, 15) is 8.42 Å². The highest BCUT2D eigenvalue weighted by atomic mass is 32.2. The van der Waals surface area contributed by atoms with Gasteiger partial charge in [0.05, 0.1) is 10.5 Å². The van der Waals surface area contributed by atoms with Crippen LogP contribution in [0.4, 0.5) is 0 Å². The Kier molecular flexibility index (Phi) is 2.39. The van der Waals surface area contributed by atoms with Gasteiger partial charge in [0.25, 0.3) is 0 Å². The summed E-state index contributed by atoms with van der Waals surface area (Å²) in [7, 11) is -2.80. The number of piperidine rings is 1. The Morgan fingerprint density at radius 2 is 1.71 bits per heavy atom. The molecule has 2 aliphatic rings. The summed E-state index contributed by atoms with van der Waals surface area (Å²) < 4.78 is 22.6. The highest BCUT2D eigenvalue weighted by Crippen LogP contribution is 2.38. The smallest absolute Gasteiger partial charge is 0.158 e. The molecule has 3 nitrogen and oxygen atoms in total. The Balaban J connectivity index is 2.08. The van der Waals surface area contributed by atoms with E-state index >= 15 is 0 Å². The van der Waals surface area contributed by atoms with Crippen LogP contribution in [0.5, 0.6) is 0 Å². The Hall–Kier alpha value is -0.0900. The van der Waals surface area contributed by atoms with Crippen molar-refractivity contribution in [3.63, 3.8) is 0 Å². The fourth-order valence-corrected chi connectivity index (χ4v) is 4.33. The van der Waals surface area contributed by atoms with Gasteiger partial charge in [-0.2, -0.15) is 0 Å². The Morgan fingerprint density at radius 1 is 1.14 bits per heavy atom. The minimum Gasteiger partial charge on any atom is -0.298 e. The summed E-state index contributed by atoms with van der Waals surface area (Å²) in [5.74, 6) is 0.375. The Labute approximate surface area is 86.4 Å². The normalized spacial score (nSPS) is 36.3. The minimum atomic E-state index is -2.80. The van der Waals surface area contributed by atoms with Gasteiger partial charge in [0.2, 0.25) is 0 Å². The molecule has 2 fully saturated rings. The largest absolute Gasteiger partial charge is 0.298 e. The van der Waals surface area contributed by atoms with Gasteiger partial charge in [0.1, 0.15) is 0 Å². The molecule has 0 N–H and O–H groups in total. The number of rotatable bonds is 1. The van der Waals surface area contributed by atoms with E-state index in [0.29, 0.717) is 5.75 Å². The molecule has 0 amide bonds. The van der Waals surface area contributed by atoms with Crippen molar-refractivity contribution in [1.29, 1.82) is 0 Å². The summed E-state index contributed by atoms with van der Waals surface area (Å²) in [6.07, 6.45) is 3.76. The fraction of sp³-hybridized carbons (Fsp3) is 1.00. The zero-order valence-electron chi connectivity index (χ0n) is 8.99. The summed E-state index contributed by atoms with van der Waals surface area (Å²) in [4.78, 5) is 2.37. The predicted octanol–water partition coefficient (Wildman–Crippen LogP) is 1.05. The van der Waals surface area contributed by atoms with Gasteiger partial charge in [-0.1, -0.05) is 6.42 Å². The molecule has 2 heterocycles. The molecule has 1 unspecified atom stereocenters. The summed E-state index contributed by atoms with van der Waals surface area (Å²) in [5.41, 5.74) is 0. The number of likely N-dealkylation sites (tertiary alicyclic amines) is 1. The molecule has 2 saturated heterocycles. The van der Waals surface area contributed by atoms with Crippen molar-refractivity contribution in [2.24, 2.45) is 0 Å². The molecule has 0 bridgehead atoms. The minimum absolute atomic E-state index is 0.271. The summed E-state index contributed by atoms with van der Waals surface area (Å²) >= 11 is 0. The quantitative estimate of drug-likeness (QED) is 0.659. The van der Waals surface area contributed by atoms with Gasteiger partial charge in [-0.05, 0) is 39.8 Å². The second kappa shape index (κ2) is 3.20. The van der Waals surface area contributed by atoms with Crippen LogP contribution in [0.15, 0.2) is 0 Å². The maximum absolute atomic E-state index is 11.6. The van der Waals surface area contributed by atoms with Gasteiger partial charge in [0.15, 0.2) is 9.84 Å². The maximum Gasteiger partial charge on any atom is 0.158 e. The van der Waals surface area contributed by atoms with Crippen molar-refractivity contribution in [2.45, 2.75) is 43.9 Å². The Bertz CT molecular complexity index is 315. The number of hydrogen-bond donors (Lipinski definition) is 0. The summed E-state index contributed by atoms with van der Waals surface area (Å²) in [5, 5.41) is 0. The lowest BCUT2D eigenvalue weighted by Gasteiger charge is -2.50. The van der Waals surface area contributed by atoms with Crippen molar-refractivity contribution >= 4 is 9.84 Å². The average molecular weight is 217 g/mol. The SMILES string of the molecule is CC1(C)C(N2CCCCC2)CS1(=O)=O. The zero-order valence-corrected chi connectivity index (χ0v) is 9.81. The molecular formula is C10H19NO2S. The van der Waals surface area contributed by atoms with Crippen molar-refractivity contribution < 1.29 is 8.42 Å². The maximum atomic E-state index is 11.6. The van der Waals surface area contributed by atoms with Crippen LogP contribution in [0.3, 0.4) is 0 Å². The lowest BCUT2D eigenvalue weighted by atomic mass is 9.99. The topological polar surface area (TPSA) is 37.4 Å². The van der Waals surface area contributed by atoms with Gasteiger partial charge in [0, 0.05) is 6.04 Å². The van der Waals surface area contributed by atoms with E-state index in [1.54, 1.807) is 0 Å². The van der Waals surface area contributed by atoms with Crippen LogP contribution in [-0.4, -0.2) is 42.9 Å². The molecule has 1 atom stereocenters. The van der Waals surface area contributed by atoms with Crippen LogP contribution in [0.2, 0.25) is 0 Å². The molecule has 2 aliphatic heterocycles. The molecule has 0 aromatic rings. The lowest BCUT2D eigenvalue weighted by molar-refractivity contribution is 0.134. The molecular weight excluding hydrogens is 198 g/mol. The van der Waals surface area contributed by atoms with E-state index in [0.717, 1.165) is 13.1 Å². The molecule has 14 heavy (non-hydrogen) atoms. The second-order valence-corrected chi connectivity index (χ2v) is 7.61. The third-order valence-electron chi connectivity index (χ3n) is 3.81. The van der Waals surface area contributed by atoms with Crippen LogP contribution >= 0.6 is 0 Å². The Morgan fingerprint density at radius 3 is 2.14 bits per heavy atom.